The Morgan fingerprint density at radius 3 is 2.48 bits per heavy atom. The van der Waals surface area contributed by atoms with Crippen molar-refractivity contribution in [2.24, 2.45) is 0 Å². The Hall–Kier alpha value is -2.62. The SMILES string of the molecule is O=C(CCc1ccc(OC(F)(F)F)cc1)NCc1nc(C(=O)O)cs1. The Morgan fingerprint density at radius 2 is 1.92 bits per heavy atom. The molecule has 0 aliphatic heterocycles. The molecule has 134 valence electrons. The van der Waals surface area contributed by atoms with E-state index in [0.717, 1.165) is 11.3 Å². The van der Waals surface area contributed by atoms with Gasteiger partial charge in [-0.25, -0.2) is 9.78 Å². The average Bonchev–Trinajstić information content (AvgIpc) is 3.00. The predicted octanol–water partition coefficient (Wildman–Crippen LogP) is 2.99. The van der Waals surface area contributed by atoms with Gasteiger partial charge in [-0.1, -0.05) is 12.1 Å². The highest BCUT2D eigenvalue weighted by Crippen LogP contribution is 2.23. The van der Waals surface area contributed by atoms with Gasteiger partial charge in [0.15, 0.2) is 5.69 Å². The molecular formula is C15H13F3N2O4S. The van der Waals surface area contributed by atoms with Crippen LogP contribution in [0, 0.1) is 0 Å². The van der Waals surface area contributed by atoms with Gasteiger partial charge >= 0.3 is 12.3 Å². The molecular weight excluding hydrogens is 361 g/mol. The Bertz CT molecular complexity index is 744. The standard InChI is InChI=1S/C15H13F3N2O4S/c16-15(17,18)24-10-4-1-9(2-5-10)3-6-12(21)19-7-13-20-11(8-25-13)14(22)23/h1-2,4-5,8H,3,6-7H2,(H,19,21)(H,22,23). The number of carboxylic acids is 1. The highest BCUT2D eigenvalue weighted by molar-refractivity contribution is 7.09. The monoisotopic (exact) mass is 374 g/mol. The number of aromatic carboxylic acids is 1. The second-order valence-electron chi connectivity index (χ2n) is 4.90. The number of carbonyl (C=O) groups excluding carboxylic acids is 1. The number of aromatic nitrogens is 1. The fourth-order valence-corrected chi connectivity index (χ4v) is 2.58. The summed E-state index contributed by atoms with van der Waals surface area (Å²) < 4.78 is 39.9. The third-order valence-electron chi connectivity index (χ3n) is 3.01. The van der Waals surface area contributed by atoms with Gasteiger partial charge in [-0.15, -0.1) is 24.5 Å². The Kier molecular flexibility index (Phi) is 5.97. The fraction of sp³-hybridized carbons (Fsp3) is 0.267. The van der Waals surface area contributed by atoms with Gasteiger partial charge in [0.1, 0.15) is 10.8 Å². The summed E-state index contributed by atoms with van der Waals surface area (Å²) >= 11 is 1.13. The number of hydrogen-bond donors (Lipinski definition) is 2. The van der Waals surface area contributed by atoms with Gasteiger partial charge in [0.2, 0.25) is 5.91 Å². The first-order valence-corrected chi connectivity index (χ1v) is 7.90. The zero-order valence-electron chi connectivity index (χ0n) is 12.7. The predicted molar refractivity (Wildman–Crippen MR) is 82.4 cm³/mol. The largest absolute Gasteiger partial charge is 0.573 e. The van der Waals surface area contributed by atoms with E-state index in [2.05, 4.69) is 15.0 Å². The van der Waals surface area contributed by atoms with E-state index in [1.54, 1.807) is 0 Å². The smallest absolute Gasteiger partial charge is 0.476 e. The van der Waals surface area contributed by atoms with Crippen molar-refractivity contribution < 1.29 is 32.6 Å². The second kappa shape index (κ2) is 7.97. The van der Waals surface area contributed by atoms with Crippen molar-refractivity contribution in [3.8, 4) is 5.75 Å². The summed E-state index contributed by atoms with van der Waals surface area (Å²) in [5, 5.41) is 13.2. The number of aryl methyl sites for hydroxylation is 1. The summed E-state index contributed by atoms with van der Waals surface area (Å²) in [6.07, 6.45) is -4.26. The zero-order chi connectivity index (χ0) is 18.4. The molecule has 2 N–H and O–H groups in total. The molecule has 0 radical (unpaired) electrons. The van der Waals surface area contributed by atoms with Crippen LogP contribution in [0.2, 0.25) is 0 Å². The molecule has 0 aliphatic carbocycles. The number of nitrogens with zero attached hydrogens (tertiary/aromatic N) is 1. The number of thiazole rings is 1. The minimum atomic E-state index is -4.74. The lowest BCUT2D eigenvalue weighted by Gasteiger charge is -2.09. The summed E-state index contributed by atoms with van der Waals surface area (Å²) in [6.45, 7) is 0.120. The zero-order valence-corrected chi connectivity index (χ0v) is 13.5. The van der Waals surface area contributed by atoms with Crippen LogP contribution in [-0.4, -0.2) is 28.3 Å². The van der Waals surface area contributed by atoms with Crippen LogP contribution in [0.5, 0.6) is 5.75 Å². The van der Waals surface area contributed by atoms with Crippen LogP contribution >= 0.6 is 11.3 Å². The quantitative estimate of drug-likeness (QED) is 0.778. The molecule has 2 rings (SSSR count). The van der Waals surface area contributed by atoms with E-state index in [-0.39, 0.29) is 30.3 Å². The minimum absolute atomic E-state index is 0.0737. The highest BCUT2D eigenvalue weighted by atomic mass is 32.1. The number of alkyl halides is 3. The topological polar surface area (TPSA) is 88.5 Å². The van der Waals surface area contributed by atoms with Gasteiger partial charge in [-0.2, -0.15) is 0 Å². The molecule has 0 saturated carbocycles. The number of nitrogens with one attached hydrogen (secondary N) is 1. The molecule has 0 aliphatic rings. The first kappa shape index (κ1) is 18.7. The number of rotatable bonds is 7. The molecule has 0 bridgehead atoms. The fourth-order valence-electron chi connectivity index (χ4n) is 1.87. The molecule has 10 heteroatoms. The van der Waals surface area contributed by atoms with E-state index in [0.29, 0.717) is 17.0 Å². The van der Waals surface area contributed by atoms with E-state index < -0.39 is 12.3 Å². The number of hydrogen-bond acceptors (Lipinski definition) is 5. The maximum atomic E-state index is 12.1. The molecule has 6 nitrogen and oxygen atoms in total. The van der Waals surface area contributed by atoms with E-state index in [1.807, 2.05) is 0 Å². The minimum Gasteiger partial charge on any atom is -0.476 e. The molecule has 1 aromatic heterocycles. The van der Waals surface area contributed by atoms with Gasteiger partial charge in [0.05, 0.1) is 6.54 Å². The maximum Gasteiger partial charge on any atom is 0.573 e. The van der Waals surface area contributed by atoms with Gasteiger partial charge in [0, 0.05) is 11.8 Å². The second-order valence-corrected chi connectivity index (χ2v) is 5.84. The molecule has 0 fully saturated rings. The molecule has 2 aromatic rings. The number of benzene rings is 1. The molecule has 25 heavy (non-hydrogen) atoms. The molecule has 1 aromatic carbocycles. The first-order valence-electron chi connectivity index (χ1n) is 7.02. The molecule has 0 unspecified atom stereocenters. The third kappa shape index (κ3) is 6.42. The highest BCUT2D eigenvalue weighted by Gasteiger charge is 2.30. The summed E-state index contributed by atoms with van der Waals surface area (Å²) in [4.78, 5) is 26.3. The normalized spacial score (nSPS) is 11.2. The average molecular weight is 374 g/mol. The number of halogens is 3. The van der Waals surface area contributed by atoms with Crippen LogP contribution in [-0.2, 0) is 17.8 Å². The van der Waals surface area contributed by atoms with Crippen molar-refractivity contribution in [2.75, 3.05) is 0 Å². The molecule has 1 amide bonds. The lowest BCUT2D eigenvalue weighted by atomic mass is 10.1. The van der Waals surface area contributed by atoms with Crippen molar-refractivity contribution in [3.05, 3.63) is 45.9 Å². The lowest BCUT2D eigenvalue weighted by molar-refractivity contribution is -0.274. The Balaban J connectivity index is 1.76. The van der Waals surface area contributed by atoms with Crippen molar-refractivity contribution in [3.63, 3.8) is 0 Å². The van der Waals surface area contributed by atoms with E-state index >= 15 is 0 Å². The number of carboxylic acid groups (broad SMARTS) is 1. The van der Waals surface area contributed by atoms with Crippen molar-refractivity contribution in [1.29, 1.82) is 0 Å². The van der Waals surface area contributed by atoms with E-state index in [4.69, 9.17) is 5.11 Å². The molecule has 0 atom stereocenters. The van der Waals surface area contributed by atoms with Crippen LogP contribution < -0.4 is 10.1 Å². The Labute approximate surface area is 144 Å². The van der Waals surface area contributed by atoms with Gasteiger partial charge in [0.25, 0.3) is 0 Å². The Morgan fingerprint density at radius 1 is 1.24 bits per heavy atom. The van der Waals surface area contributed by atoms with Gasteiger partial charge in [-0.05, 0) is 24.1 Å². The van der Waals surface area contributed by atoms with Crippen LogP contribution in [0.15, 0.2) is 29.6 Å². The first-order chi connectivity index (χ1) is 11.7. The van der Waals surface area contributed by atoms with Crippen LogP contribution in [0.1, 0.15) is 27.5 Å². The summed E-state index contributed by atoms with van der Waals surface area (Å²) in [6, 6.07) is 5.27. The van der Waals surface area contributed by atoms with Crippen molar-refractivity contribution in [1.82, 2.24) is 10.3 Å². The number of amides is 1. The lowest BCUT2D eigenvalue weighted by Crippen LogP contribution is -2.23. The molecule has 1 heterocycles. The molecule has 0 spiro atoms. The van der Waals surface area contributed by atoms with Gasteiger partial charge < -0.3 is 15.2 Å². The van der Waals surface area contributed by atoms with Gasteiger partial charge in [-0.3, -0.25) is 4.79 Å². The van der Waals surface area contributed by atoms with E-state index in [9.17, 15) is 22.8 Å². The van der Waals surface area contributed by atoms with E-state index in [1.165, 1.54) is 29.6 Å². The van der Waals surface area contributed by atoms with Crippen LogP contribution in [0.3, 0.4) is 0 Å². The summed E-state index contributed by atoms with van der Waals surface area (Å²) in [7, 11) is 0. The van der Waals surface area contributed by atoms with Crippen molar-refractivity contribution in [2.45, 2.75) is 25.7 Å². The number of ether oxygens (including phenoxy) is 1. The molecule has 0 saturated heterocycles. The van der Waals surface area contributed by atoms with Crippen molar-refractivity contribution >= 4 is 23.2 Å². The number of carbonyl (C=O) groups is 2. The summed E-state index contributed by atoms with van der Waals surface area (Å²) in [5.41, 5.74) is 0.613. The summed E-state index contributed by atoms with van der Waals surface area (Å²) in [5.74, 6) is -1.73. The maximum absolute atomic E-state index is 12.1. The third-order valence-corrected chi connectivity index (χ3v) is 3.85. The van der Waals surface area contributed by atoms with Crippen LogP contribution in [0.25, 0.3) is 0 Å². The van der Waals surface area contributed by atoms with Crippen LogP contribution in [0.4, 0.5) is 13.2 Å².